The van der Waals surface area contributed by atoms with Crippen LogP contribution in [-0.2, 0) is 21.4 Å². The smallest absolute Gasteiger partial charge is 0.290 e. The molecule has 4 aliphatic rings. The SMILES string of the molecule is COc1ccc(CCC(=O)NC2C3CN4CCN(C3)CC2(c2ccccc2)C4)cc1OC.O=CO. The van der Waals surface area contributed by atoms with Gasteiger partial charge >= 0.3 is 0 Å². The van der Waals surface area contributed by atoms with Gasteiger partial charge in [0.25, 0.3) is 6.47 Å². The molecule has 0 radical (unpaired) electrons. The van der Waals surface area contributed by atoms with Gasteiger partial charge in [0.05, 0.1) is 14.2 Å². The highest BCUT2D eigenvalue weighted by atomic mass is 16.5. The molecule has 4 fully saturated rings. The van der Waals surface area contributed by atoms with Crippen LogP contribution in [0.25, 0.3) is 0 Å². The number of nitrogens with zero attached hydrogens (tertiary/aromatic N) is 2. The van der Waals surface area contributed by atoms with Crippen LogP contribution in [0.3, 0.4) is 0 Å². The van der Waals surface area contributed by atoms with Gasteiger partial charge in [-0.25, -0.2) is 0 Å². The lowest BCUT2D eigenvalue weighted by Crippen LogP contribution is -2.70. The minimum atomic E-state index is -0.250. The van der Waals surface area contributed by atoms with Gasteiger partial charge in [0, 0.05) is 63.1 Å². The van der Waals surface area contributed by atoms with E-state index in [1.165, 1.54) is 5.56 Å². The summed E-state index contributed by atoms with van der Waals surface area (Å²) in [4.78, 5) is 26.7. The number of hydrogen-bond acceptors (Lipinski definition) is 6. The van der Waals surface area contributed by atoms with E-state index in [-0.39, 0.29) is 23.8 Å². The van der Waals surface area contributed by atoms with E-state index in [4.69, 9.17) is 19.4 Å². The van der Waals surface area contributed by atoms with Crippen LogP contribution < -0.4 is 14.8 Å². The van der Waals surface area contributed by atoms with E-state index in [9.17, 15) is 4.79 Å². The number of piperidine rings is 2. The third-order valence-corrected chi connectivity index (χ3v) is 7.55. The topological polar surface area (TPSA) is 91.3 Å². The highest BCUT2D eigenvalue weighted by Gasteiger charge is 2.55. The van der Waals surface area contributed by atoms with Crippen LogP contribution in [0.1, 0.15) is 17.5 Å². The molecular weight excluding hydrogens is 446 g/mol. The number of rotatable bonds is 7. The molecule has 2 aromatic rings. The summed E-state index contributed by atoms with van der Waals surface area (Å²) in [5.41, 5.74) is 2.39. The van der Waals surface area contributed by atoms with Gasteiger partial charge in [-0.1, -0.05) is 36.4 Å². The lowest BCUT2D eigenvalue weighted by atomic mass is 9.64. The molecule has 3 atom stereocenters. The maximum absolute atomic E-state index is 13.2. The second kappa shape index (κ2) is 11.1. The molecule has 0 saturated carbocycles. The molecule has 4 heterocycles. The summed E-state index contributed by atoms with van der Waals surface area (Å²) in [6, 6.07) is 16.9. The van der Waals surface area contributed by atoms with E-state index in [1.54, 1.807) is 14.2 Å². The van der Waals surface area contributed by atoms with Gasteiger partial charge in [0.1, 0.15) is 0 Å². The van der Waals surface area contributed by atoms with Crippen molar-refractivity contribution in [3.8, 4) is 11.5 Å². The third kappa shape index (κ3) is 5.28. The highest BCUT2D eigenvalue weighted by molar-refractivity contribution is 5.77. The fourth-order valence-electron chi connectivity index (χ4n) is 6.11. The summed E-state index contributed by atoms with van der Waals surface area (Å²) >= 11 is 0. The average molecular weight is 482 g/mol. The molecule has 0 spiro atoms. The molecule has 3 unspecified atom stereocenters. The Morgan fingerprint density at radius 1 is 1.06 bits per heavy atom. The summed E-state index contributed by atoms with van der Waals surface area (Å²) in [5, 5.41) is 10.4. The van der Waals surface area contributed by atoms with Crippen LogP contribution in [0.5, 0.6) is 11.5 Å². The van der Waals surface area contributed by atoms with Crippen molar-refractivity contribution in [2.24, 2.45) is 5.92 Å². The molecule has 4 aliphatic heterocycles. The molecule has 2 N–H and O–H groups in total. The predicted molar refractivity (Wildman–Crippen MR) is 133 cm³/mol. The van der Waals surface area contributed by atoms with Gasteiger partial charge in [0.15, 0.2) is 11.5 Å². The van der Waals surface area contributed by atoms with Gasteiger partial charge in [0.2, 0.25) is 5.91 Å². The second-order valence-electron chi connectivity index (χ2n) is 9.59. The Morgan fingerprint density at radius 2 is 1.69 bits per heavy atom. The fraction of sp³-hybridized carbons (Fsp3) is 0.481. The first kappa shape index (κ1) is 25.0. The van der Waals surface area contributed by atoms with E-state index < -0.39 is 0 Å². The Hall–Kier alpha value is -3.10. The van der Waals surface area contributed by atoms with Gasteiger partial charge in [-0.05, 0) is 29.7 Å². The van der Waals surface area contributed by atoms with Crippen molar-refractivity contribution >= 4 is 12.4 Å². The highest BCUT2D eigenvalue weighted by Crippen LogP contribution is 2.43. The van der Waals surface area contributed by atoms with Crippen molar-refractivity contribution in [3.63, 3.8) is 0 Å². The molecular formula is C27H35N3O5. The first-order valence-electron chi connectivity index (χ1n) is 12.1. The maximum atomic E-state index is 13.2. The number of hydrogen-bond donors (Lipinski definition) is 2. The first-order valence-corrected chi connectivity index (χ1v) is 12.1. The number of carbonyl (C=O) groups is 2. The number of fused-ring (bicyclic) bond motifs is 1. The zero-order valence-electron chi connectivity index (χ0n) is 20.5. The zero-order chi connectivity index (χ0) is 24.8. The maximum Gasteiger partial charge on any atom is 0.290 e. The summed E-state index contributed by atoms with van der Waals surface area (Å²) in [6.07, 6.45) is 1.15. The van der Waals surface area contributed by atoms with Crippen LogP contribution in [-0.4, -0.2) is 86.8 Å². The number of aryl methyl sites for hydroxylation is 1. The number of ether oxygens (including phenoxy) is 2. The van der Waals surface area contributed by atoms with Crippen molar-refractivity contribution in [1.82, 2.24) is 15.1 Å². The Kier molecular flexibility index (Phi) is 7.93. The number of carbonyl (C=O) groups excluding carboxylic acids is 1. The van der Waals surface area contributed by atoms with E-state index in [0.29, 0.717) is 30.3 Å². The lowest BCUT2D eigenvalue weighted by molar-refractivity contribution is -0.124. The van der Waals surface area contributed by atoms with Crippen molar-refractivity contribution in [2.45, 2.75) is 24.3 Å². The molecule has 0 aromatic heterocycles. The quantitative estimate of drug-likeness (QED) is 0.585. The normalized spacial score (nSPS) is 28.3. The number of methoxy groups -OCH3 is 2. The van der Waals surface area contributed by atoms with Crippen molar-refractivity contribution in [1.29, 1.82) is 0 Å². The summed E-state index contributed by atoms with van der Waals surface area (Å²) in [6.45, 7) is 6.20. The largest absolute Gasteiger partial charge is 0.493 e. The van der Waals surface area contributed by atoms with Gasteiger partial charge in [-0.2, -0.15) is 0 Å². The standard InChI is InChI=1S/C26H33N3O3.CH2O2/c1-31-22-10-8-19(14-23(22)32-2)9-11-24(30)27-25-20-15-28-12-13-29(16-20)18-26(25,17-28)21-6-4-3-5-7-21;2-1-3/h3-8,10,14,20,25H,9,11-13,15-18H2,1-2H3,(H,27,30);1H,(H,2,3). The molecule has 1 amide bonds. The molecule has 6 rings (SSSR count). The first-order chi connectivity index (χ1) is 17.0. The molecule has 35 heavy (non-hydrogen) atoms. The van der Waals surface area contributed by atoms with Gasteiger partial charge in [-0.3, -0.25) is 9.59 Å². The average Bonchev–Trinajstić information content (AvgIpc) is 3.13. The van der Waals surface area contributed by atoms with Crippen LogP contribution in [0.4, 0.5) is 0 Å². The van der Waals surface area contributed by atoms with Crippen molar-refractivity contribution in [3.05, 3.63) is 59.7 Å². The number of amides is 1. The van der Waals surface area contributed by atoms with Crippen LogP contribution in [0.2, 0.25) is 0 Å². The van der Waals surface area contributed by atoms with Crippen LogP contribution in [0.15, 0.2) is 48.5 Å². The Balaban J connectivity index is 0.000000917. The minimum Gasteiger partial charge on any atom is -0.493 e. The van der Waals surface area contributed by atoms with E-state index in [2.05, 4.69) is 45.4 Å². The Morgan fingerprint density at radius 3 is 2.29 bits per heavy atom. The monoisotopic (exact) mass is 481 g/mol. The molecule has 188 valence electrons. The predicted octanol–water partition coefficient (Wildman–Crippen LogP) is 2.02. The molecule has 4 bridgehead atoms. The molecule has 0 aliphatic carbocycles. The zero-order valence-corrected chi connectivity index (χ0v) is 20.5. The molecule has 8 nitrogen and oxygen atoms in total. The lowest BCUT2D eigenvalue weighted by Gasteiger charge is -2.55. The Labute approximate surface area is 206 Å². The summed E-state index contributed by atoms with van der Waals surface area (Å²) < 4.78 is 10.7. The molecule has 8 heteroatoms. The van der Waals surface area contributed by atoms with Crippen LogP contribution in [0, 0.1) is 5.92 Å². The Bertz CT molecular complexity index is 999. The van der Waals surface area contributed by atoms with Crippen molar-refractivity contribution in [2.75, 3.05) is 53.5 Å². The fourth-order valence-corrected chi connectivity index (χ4v) is 6.11. The summed E-state index contributed by atoms with van der Waals surface area (Å²) in [5.74, 6) is 2.01. The second-order valence-corrected chi connectivity index (χ2v) is 9.59. The van der Waals surface area contributed by atoms with Gasteiger partial charge < -0.3 is 29.7 Å². The van der Waals surface area contributed by atoms with E-state index >= 15 is 0 Å². The van der Waals surface area contributed by atoms with Crippen molar-refractivity contribution < 1.29 is 24.2 Å². The van der Waals surface area contributed by atoms with E-state index in [1.807, 2.05) is 18.2 Å². The third-order valence-electron chi connectivity index (χ3n) is 7.55. The van der Waals surface area contributed by atoms with Crippen LogP contribution >= 0.6 is 0 Å². The minimum absolute atomic E-state index is 0.0437. The van der Waals surface area contributed by atoms with E-state index in [0.717, 1.165) is 44.8 Å². The molecule has 4 saturated heterocycles. The number of benzene rings is 2. The number of carboxylic acid groups (broad SMARTS) is 1. The molecule has 2 aromatic carbocycles. The number of nitrogens with one attached hydrogen (secondary N) is 1. The van der Waals surface area contributed by atoms with Gasteiger partial charge in [-0.15, -0.1) is 0 Å². The summed E-state index contributed by atoms with van der Waals surface area (Å²) in [7, 11) is 3.27.